The van der Waals surface area contributed by atoms with Crippen molar-refractivity contribution in [2.24, 2.45) is 0 Å². The Labute approximate surface area is 246 Å². The van der Waals surface area contributed by atoms with Gasteiger partial charge in [0.05, 0.1) is 11.2 Å². The molecule has 0 radical (unpaired) electrons. The first kappa shape index (κ1) is 24.7. The lowest BCUT2D eigenvalue weighted by atomic mass is 10.0. The van der Waals surface area contributed by atoms with Crippen LogP contribution in [0, 0.1) is 0 Å². The van der Waals surface area contributed by atoms with Crippen LogP contribution < -0.4 is 15.3 Å². The minimum Gasteiger partial charge on any atom is -0.311 e. The number of rotatable bonds is 3. The van der Waals surface area contributed by atoms with Gasteiger partial charge in [-0.1, -0.05) is 110 Å². The summed E-state index contributed by atoms with van der Waals surface area (Å²) in [6.45, 7) is 4.91. The molecule has 200 valence electrons. The Kier molecular flexibility index (Phi) is 5.59. The number of hydrogen-bond donors (Lipinski definition) is 0. The fourth-order valence-electron chi connectivity index (χ4n) is 6.52. The van der Waals surface area contributed by atoms with Gasteiger partial charge in [0.2, 0.25) is 0 Å². The largest absolute Gasteiger partial charge is 0.311 e. The van der Waals surface area contributed by atoms with Crippen LogP contribution in [0.4, 0.5) is 17.1 Å². The van der Waals surface area contributed by atoms with Crippen molar-refractivity contribution in [3.05, 3.63) is 140 Å². The van der Waals surface area contributed by atoms with Gasteiger partial charge in [-0.25, -0.2) is 9.97 Å². The molecule has 4 heteroatoms. The number of benzene rings is 6. The predicted molar refractivity (Wildman–Crippen MR) is 179 cm³/mol. The molecule has 0 saturated carbocycles. The van der Waals surface area contributed by atoms with Crippen molar-refractivity contribution in [3.8, 4) is 22.6 Å². The fraction of sp³-hybridized carbons (Fsp3) is 0.0526. The van der Waals surface area contributed by atoms with E-state index in [1.54, 1.807) is 0 Å². The van der Waals surface area contributed by atoms with Gasteiger partial charge in [0.15, 0.2) is 5.82 Å². The summed E-state index contributed by atoms with van der Waals surface area (Å²) in [4.78, 5) is 12.7. The minimum atomic E-state index is -1.82. The second kappa shape index (κ2) is 9.50. The standard InChI is InChI=1S/C38H29N3Si/c1-42(2)34-18-10-8-16-32(34)41(33-17-9-11-19-35(33)42)29-23-20-28(21-24-29)38-39-36(27-13-4-3-5-14-27)31-25-22-26-12-6-7-15-30(26)37(31)40-38/h3-25H,1-2H3. The summed E-state index contributed by atoms with van der Waals surface area (Å²) in [5.74, 6) is 0.734. The predicted octanol–water partition coefficient (Wildman–Crippen LogP) is 8.72. The van der Waals surface area contributed by atoms with Crippen LogP contribution in [0.15, 0.2) is 140 Å². The number of fused-ring (bicyclic) bond motifs is 5. The van der Waals surface area contributed by atoms with E-state index in [4.69, 9.17) is 9.97 Å². The van der Waals surface area contributed by atoms with E-state index in [0.29, 0.717) is 0 Å². The van der Waals surface area contributed by atoms with E-state index in [1.165, 1.54) is 27.1 Å². The van der Waals surface area contributed by atoms with Gasteiger partial charge in [0.1, 0.15) is 8.07 Å². The second-order valence-corrected chi connectivity index (χ2v) is 15.8. The second-order valence-electron chi connectivity index (χ2n) is 11.5. The molecule has 6 aromatic carbocycles. The summed E-state index contributed by atoms with van der Waals surface area (Å²) >= 11 is 0. The van der Waals surface area contributed by atoms with Gasteiger partial charge in [0.25, 0.3) is 0 Å². The molecule has 0 saturated heterocycles. The van der Waals surface area contributed by atoms with Crippen LogP contribution in [0.1, 0.15) is 0 Å². The van der Waals surface area contributed by atoms with Gasteiger partial charge in [-0.2, -0.15) is 0 Å². The highest BCUT2D eigenvalue weighted by Crippen LogP contribution is 2.39. The van der Waals surface area contributed by atoms with E-state index >= 15 is 0 Å². The average molecular weight is 556 g/mol. The molecule has 0 unspecified atom stereocenters. The third-order valence-electron chi connectivity index (χ3n) is 8.66. The summed E-state index contributed by atoms with van der Waals surface area (Å²) < 4.78 is 0. The first-order chi connectivity index (χ1) is 20.6. The van der Waals surface area contributed by atoms with Gasteiger partial charge in [-0.05, 0) is 58.2 Å². The van der Waals surface area contributed by atoms with Crippen LogP contribution in [0.3, 0.4) is 0 Å². The maximum Gasteiger partial charge on any atom is 0.160 e. The highest BCUT2D eigenvalue weighted by molar-refractivity contribution is 7.02. The molecule has 8 rings (SSSR count). The van der Waals surface area contributed by atoms with E-state index in [9.17, 15) is 0 Å². The van der Waals surface area contributed by atoms with Gasteiger partial charge in [-0.15, -0.1) is 0 Å². The fourth-order valence-corrected chi connectivity index (χ4v) is 9.50. The van der Waals surface area contributed by atoms with Gasteiger partial charge < -0.3 is 4.90 Å². The monoisotopic (exact) mass is 555 g/mol. The Morgan fingerprint density at radius 1 is 0.500 bits per heavy atom. The third kappa shape index (κ3) is 3.80. The molecule has 0 amide bonds. The maximum absolute atomic E-state index is 5.17. The van der Waals surface area contributed by atoms with Crippen LogP contribution in [0.5, 0.6) is 0 Å². The lowest BCUT2D eigenvalue weighted by molar-refractivity contribution is 1.23. The van der Waals surface area contributed by atoms with Crippen LogP contribution in [0.2, 0.25) is 13.1 Å². The van der Waals surface area contributed by atoms with E-state index in [-0.39, 0.29) is 0 Å². The van der Waals surface area contributed by atoms with Crippen molar-refractivity contribution in [2.45, 2.75) is 13.1 Å². The normalized spacial score (nSPS) is 13.6. The van der Waals surface area contributed by atoms with Crippen molar-refractivity contribution >= 4 is 57.2 Å². The zero-order valence-corrected chi connectivity index (χ0v) is 24.6. The third-order valence-corrected chi connectivity index (χ3v) is 12.2. The zero-order valence-electron chi connectivity index (χ0n) is 23.6. The molecule has 0 fully saturated rings. The van der Waals surface area contributed by atoms with Crippen molar-refractivity contribution in [1.82, 2.24) is 9.97 Å². The van der Waals surface area contributed by atoms with Gasteiger partial charge in [0, 0.05) is 39.0 Å². The molecule has 42 heavy (non-hydrogen) atoms. The number of hydrogen-bond acceptors (Lipinski definition) is 3. The van der Waals surface area contributed by atoms with Crippen molar-refractivity contribution in [2.75, 3.05) is 4.90 Å². The van der Waals surface area contributed by atoms with Crippen LogP contribution in [0.25, 0.3) is 44.3 Å². The van der Waals surface area contributed by atoms with Crippen LogP contribution in [-0.2, 0) is 0 Å². The van der Waals surface area contributed by atoms with E-state index in [2.05, 4.69) is 151 Å². The molecule has 7 aromatic rings. The molecule has 0 atom stereocenters. The Hall–Kier alpha value is -5.06. The first-order valence-corrected chi connectivity index (χ1v) is 17.4. The molecule has 3 nitrogen and oxygen atoms in total. The maximum atomic E-state index is 5.17. The Bertz CT molecular complexity index is 2070. The molecule has 0 N–H and O–H groups in total. The Morgan fingerprint density at radius 3 is 1.83 bits per heavy atom. The highest BCUT2D eigenvalue weighted by Gasteiger charge is 2.38. The van der Waals surface area contributed by atoms with Crippen molar-refractivity contribution < 1.29 is 0 Å². The molecule has 1 aromatic heterocycles. The van der Waals surface area contributed by atoms with Crippen LogP contribution in [-0.4, -0.2) is 18.0 Å². The zero-order chi connectivity index (χ0) is 28.3. The topological polar surface area (TPSA) is 29.0 Å². The van der Waals surface area contributed by atoms with Crippen LogP contribution >= 0.6 is 0 Å². The minimum absolute atomic E-state index is 0.734. The molecular weight excluding hydrogens is 527 g/mol. The Balaban J connectivity index is 1.29. The summed E-state index contributed by atoms with van der Waals surface area (Å²) in [7, 11) is -1.82. The Morgan fingerprint density at radius 2 is 1.12 bits per heavy atom. The average Bonchev–Trinajstić information content (AvgIpc) is 3.05. The number of anilines is 3. The molecule has 0 bridgehead atoms. The van der Waals surface area contributed by atoms with E-state index in [1.807, 2.05) is 6.07 Å². The smallest absolute Gasteiger partial charge is 0.160 e. The molecule has 0 spiro atoms. The first-order valence-electron chi connectivity index (χ1n) is 14.4. The lowest BCUT2D eigenvalue weighted by Gasteiger charge is -2.41. The highest BCUT2D eigenvalue weighted by atomic mass is 28.3. The summed E-state index contributed by atoms with van der Waals surface area (Å²) in [6.07, 6.45) is 0. The molecule has 2 heterocycles. The number of aromatic nitrogens is 2. The molecular formula is C38H29N3Si. The van der Waals surface area contributed by atoms with Gasteiger partial charge >= 0.3 is 0 Å². The molecule has 1 aliphatic rings. The quantitative estimate of drug-likeness (QED) is 0.161. The van der Waals surface area contributed by atoms with Gasteiger partial charge in [-0.3, -0.25) is 0 Å². The van der Waals surface area contributed by atoms with E-state index < -0.39 is 8.07 Å². The summed E-state index contributed by atoms with van der Waals surface area (Å²) in [6, 6.07) is 49.8. The molecule has 0 aliphatic carbocycles. The summed E-state index contributed by atoms with van der Waals surface area (Å²) in [5, 5.41) is 6.31. The van der Waals surface area contributed by atoms with Crippen molar-refractivity contribution in [3.63, 3.8) is 0 Å². The summed E-state index contributed by atoms with van der Waals surface area (Å²) in [5.41, 5.74) is 7.72. The molecule has 1 aliphatic heterocycles. The van der Waals surface area contributed by atoms with E-state index in [0.717, 1.165) is 44.6 Å². The number of para-hydroxylation sites is 2. The van der Waals surface area contributed by atoms with Crippen molar-refractivity contribution in [1.29, 1.82) is 0 Å². The number of nitrogens with zero attached hydrogens (tertiary/aromatic N) is 3. The lowest BCUT2D eigenvalue weighted by Crippen LogP contribution is -2.58. The SMILES string of the molecule is C[Si]1(C)c2ccccc2N(c2ccc(-c3nc(-c4ccccc4)c4ccc5ccccc5c4n3)cc2)c2ccccc21.